The summed E-state index contributed by atoms with van der Waals surface area (Å²) in [6.45, 7) is 6.93. The second-order valence-electron chi connectivity index (χ2n) is 10.1. The summed E-state index contributed by atoms with van der Waals surface area (Å²) in [7, 11) is 0. The molecule has 5 rings (SSSR count). The zero-order chi connectivity index (χ0) is 18.8. The lowest BCUT2D eigenvalue weighted by Crippen LogP contribution is -2.54. The summed E-state index contributed by atoms with van der Waals surface area (Å²) in [5.74, 6) is 3.13. The molecule has 3 fully saturated rings. The molecule has 0 saturated heterocycles. The molecule has 1 aromatic heterocycles. The Morgan fingerprint density at radius 2 is 2.04 bits per heavy atom. The number of ether oxygens (including phenoxy) is 1. The van der Waals surface area contributed by atoms with Crippen molar-refractivity contribution in [3.63, 3.8) is 0 Å². The molecule has 4 aliphatic rings. The van der Waals surface area contributed by atoms with Gasteiger partial charge in [0, 0.05) is 16.7 Å². The van der Waals surface area contributed by atoms with E-state index in [0.717, 1.165) is 36.5 Å². The van der Waals surface area contributed by atoms with E-state index in [1.165, 1.54) is 49.1 Å². The minimum atomic E-state index is -0.0241. The summed E-state index contributed by atoms with van der Waals surface area (Å²) in [5.41, 5.74) is 2.03. The van der Waals surface area contributed by atoms with Crippen molar-refractivity contribution in [1.29, 1.82) is 0 Å². The fourth-order valence-corrected chi connectivity index (χ4v) is 8.40. The van der Waals surface area contributed by atoms with Gasteiger partial charge in [-0.15, -0.1) is 5.10 Å². The molecule has 0 aliphatic heterocycles. The molecule has 27 heavy (non-hydrogen) atoms. The molecule has 148 valence electrons. The Hall–Kier alpha value is -0.970. The van der Waals surface area contributed by atoms with Gasteiger partial charge in [0.2, 0.25) is 0 Å². The molecule has 3 saturated carbocycles. The first-order valence-electron chi connectivity index (χ1n) is 11.0. The largest absolute Gasteiger partial charge is 0.462 e. The van der Waals surface area contributed by atoms with Crippen molar-refractivity contribution in [2.24, 2.45) is 29.1 Å². The molecule has 0 amide bonds. The Bertz CT molecular complexity index is 748. The minimum Gasteiger partial charge on any atom is -0.462 e. The summed E-state index contributed by atoms with van der Waals surface area (Å²) in [4.78, 5) is 13.2. The molecule has 1 heterocycles. The second-order valence-corrected chi connectivity index (χ2v) is 10.9. The summed E-state index contributed by atoms with van der Waals surface area (Å²) in [6.07, 6.45) is 10.5. The highest BCUT2D eigenvalue weighted by Crippen LogP contribution is 2.65. The summed E-state index contributed by atoms with van der Waals surface area (Å²) >= 11 is 1.64. The van der Waals surface area contributed by atoms with Gasteiger partial charge in [0.1, 0.15) is 6.10 Å². The van der Waals surface area contributed by atoms with Gasteiger partial charge in [-0.3, -0.25) is 4.79 Å². The quantitative estimate of drug-likeness (QED) is 0.675. The molecule has 0 unspecified atom stereocenters. The molecule has 7 atom stereocenters. The topological polar surface area (TPSA) is 52.1 Å². The van der Waals surface area contributed by atoms with Crippen LogP contribution in [0, 0.1) is 29.1 Å². The molecule has 0 N–H and O–H groups in total. The third-order valence-corrected chi connectivity index (χ3v) is 9.84. The van der Waals surface area contributed by atoms with Crippen LogP contribution in [0.3, 0.4) is 0 Å². The molecule has 0 aromatic carbocycles. The van der Waals surface area contributed by atoms with E-state index < -0.39 is 0 Å². The van der Waals surface area contributed by atoms with Crippen LogP contribution in [0.2, 0.25) is 0 Å². The van der Waals surface area contributed by atoms with Crippen molar-refractivity contribution in [1.82, 2.24) is 9.59 Å². The van der Waals surface area contributed by atoms with E-state index >= 15 is 0 Å². The summed E-state index contributed by atoms with van der Waals surface area (Å²) in [6, 6.07) is 0. The number of esters is 1. The predicted octanol–water partition coefficient (Wildman–Crippen LogP) is 4.92. The maximum Gasteiger partial charge on any atom is 0.305 e. The molecule has 1 aromatic rings. The van der Waals surface area contributed by atoms with Crippen LogP contribution in [0.25, 0.3) is 0 Å². The molecule has 0 spiro atoms. The van der Waals surface area contributed by atoms with Crippen molar-refractivity contribution in [3.8, 4) is 0 Å². The van der Waals surface area contributed by atoms with Gasteiger partial charge >= 0.3 is 5.97 Å². The smallest absolute Gasteiger partial charge is 0.305 e. The molecule has 5 heteroatoms. The number of aromatic nitrogens is 2. The van der Waals surface area contributed by atoms with E-state index in [1.807, 2.05) is 6.92 Å². The zero-order valence-corrected chi connectivity index (χ0v) is 17.7. The van der Waals surface area contributed by atoms with Gasteiger partial charge in [0.25, 0.3) is 0 Å². The Balaban J connectivity index is 1.36. The van der Waals surface area contributed by atoms with Gasteiger partial charge in [-0.25, -0.2) is 0 Å². The molecular weight excluding hydrogens is 356 g/mol. The van der Waals surface area contributed by atoms with Crippen LogP contribution < -0.4 is 0 Å². The number of hydrogen-bond acceptors (Lipinski definition) is 5. The van der Waals surface area contributed by atoms with E-state index in [-0.39, 0.29) is 17.5 Å². The van der Waals surface area contributed by atoms with E-state index in [1.54, 1.807) is 11.5 Å². The van der Waals surface area contributed by atoms with Crippen molar-refractivity contribution in [3.05, 3.63) is 10.6 Å². The number of hydrogen-bond donors (Lipinski definition) is 0. The Morgan fingerprint density at radius 3 is 2.85 bits per heavy atom. The lowest BCUT2D eigenvalue weighted by molar-refractivity contribution is -0.160. The zero-order valence-electron chi connectivity index (χ0n) is 16.9. The van der Waals surface area contributed by atoms with Gasteiger partial charge < -0.3 is 4.74 Å². The average molecular weight is 389 g/mol. The highest BCUT2D eigenvalue weighted by atomic mass is 32.1. The second kappa shape index (κ2) is 6.27. The monoisotopic (exact) mass is 388 g/mol. The van der Waals surface area contributed by atoms with Gasteiger partial charge in [-0.2, -0.15) is 0 Å². The summed E-state index contributed by atoms with van der Waals surface area (Å²) < 4.78 is 9.99. The maximum atomic E-state index is 11.8. The van der Waals surface area contributed by atoms with Crippen molar-refractivity contribution in [2.75, 3.05) is 0 Å². The van der Waals surface area contributed by atoms with Gasteiger partial charge in [-0.1, -0.05) is 25.3 Å². The highest BCUT2D eigenvalue weighted by molar-refractivity contribution is 7.05. The fourth-order valence-electron chi connectivity index (χ4n) is 7.56. The van der Waals surface area contributed by atoms with Crippen LogP contribution in [0.1, 0.15) is 82.7 Å². The molecule has 4 aliphatic carbocycles. The fraction of sp³-hybridized carbons (Fsp3) is 0.864. The SMILES string of the molecule is CCC(=O)O[C@H]1CC[C@@]2(C)[C@@H](CC[C@@H]3[C@@H]2CC[C@]2(C)c4nnsc4C[C@@H]32)C1. The molecule has 0 bridgehead atoms. The van der Waals surface area contributed by atoms with E-state index in [9.17, 15) is 4.79 Å². The number of rotatable bonds is 2. The average Bonchev–Trinajstić information content (AvgIpc) is 3.23. The number of carbonyl (C=O) groups excluding carboxylic acids is 1. The van der Waals surface area contributed by atoms with Crippen LogP contribution in [-0.2, 0) is 21.4 Å². The van der Waals surface area contributed by atoms with Crippen LogP contribution in [0.15, 0.2) is 0 Å². The molecule has 0 radical (unpaired) electrons. The molecular formula is C22H32N2O2S. The summed E-state index contributed by atoms with van der Waals surface area (Å²) in [5, 5.41) is 4.55. The Labute approximate surface area is 166 Å². The van der Waals surface area contributed by atoms with Gasteiger partial charge in [0.05, 0.1) is 5.69 Å². The van der Waals surface area contributed by atoms with E-state index in [4.69, 9.17) is 4.74 Å². The lowest BCUT2D eigenvalue weighted by atomic mass is 9.45. The third-order valence-electron chi connectivity index (χ3n) is 9.10. The first-order chi connectivity index (χ1) is 13.0. The Morgan fingerprint density at radius 1 is 1.19 bits per heavy atom. The van der Waals surface area contributed by atoms with Gasteiger partial charge in [0.15, 0.2) is 0 Å². The van der Waals surface area contributed by atoms with Crippen molar-refractivity contribution >= 4 is 17.5 Å². The molecule has 4 nitrogen and oxygen atoms in total. The van der Waals surface area contributed by atoms with E-state index in [2.05, 4.69) is 23.4 Å². The van der Waals surface area contributed by atoms with Crippen LogP contribution in [0.4, 0.5) is 0 Å². The Kier molecular flexibility index (Phi) is 4.20. The number of carbonyl (C=O) groups is 1. The maximum absolute atomic E-state index is 11.8. The van der Waals surface area contributed by atoms with E-state index in [0.29, 0.717) is 11.8 Å². The standard InChI is InChI=1S/C22H32N2O2S/c1-4-19(25)26-14-7-9-21(2)13(11-14)5-6-15-16(21)8-10-22(3)17(15)12-18-20(22)23-24-27-18/h13-17H,4-12H2,1-3H3/t13-,14-,15+,16-,17-,21-,22-/m0/s1. The van der Waals surface area contributed by atoms with Crippen molar-refractivity contribution < 1.29 is 9.53 Å². The third kappa shape index (κ3) is 2.56. The van der Waals surface area contributed by atoms with Crippen LogP contribution >= 0.6 is 11.5 Å². The van der Waals surface area contributed by atoms with Crippen LogP contribution in [-0.4, -0.2) is 21.7 Å². The normalized spacial score (nSPS) is 45.4. The van der Waals surface area contributed by atoms with Crippen molar-refractivity contribution in [2.45, 2.75) is 90.1 Å². The number of fused-ring (bicyclic) bond motifs is 7. The first kappa shape index (κ1) is 18.1. The van der Waals surface area contributed by atoms with Crippen LogP contribution in [0.5, 0.6) is 0 Å². The lowest BCUT2D eigenvalue weighted by Gasteiger charge is -2.60. The minimum absolute atomic E-state index is 0.0241. The first-order valence-corrected chi connectivity index (χ1v) is 11.7. The highest BCUT2D eigenvalue weighted by Gasteiger charge is 2.60. The van der Waals surface area contributed by atoms with Gasteiger partial charge in [-0.05, 0) is 92.0 Å². The number of nitrogens with zero attached hydrogens (tertiary/aromatic N) is 2. The predicted molar refractivity (Wildman–Crippen MR) is 106 cm³/mol.